The number of aromatic nitrogens is 1. The summed E-state index contributed by atoms with van der Waals surface area (Å²) in [6.45, 7) is -0.246. The largest absolute Gasteiger partial charge is 0.496 e. The lowest BCUT2D eigenvalue weighted by Crippen LogP contribution is -2.17. The van der Waals surface area contributed by atoms with Crippen LogP contribution in [0.25, 0.3) is 0 Å². The third-order valence-electron chi connectivity index (χ3n) is 4.80. The Morgan fingerprint density at radius 1 is 1.27 bits per heavy atom. The molecule has 1 aromatic heterocycles. The van der Waals surface area contributed by atoms with Gasteiger partial charge in [0, 0.05) is 23.5 Å². The molecule has 26 heavy (non-hydrogen) atoms. The number of methoxy groups -OCH3 is 1. The van der Waals surface area contributed by atoms with Crippen molar-refractivity contribution in [1.29, 1.82) is 0 Å². The molecule has 0 bridgehead atoms. The molecule has 7 heteroatoms. The maximum absolute atomic E-state index is 12.9. The van der Waals surface area contributed by atoms with Gasteiger partial charge in [-0.1, -0.05) is 36.0 Å². The number of rotatable bonds is 5. The monoisotopic (exact) mass is 394 g/mol. The number of hydrogen-bond donors (Lipinski definition) is 2. The Kier molecular flexibility index (Phi) is 6.01. The van der Waals surface area contributed by atoms with Gasteiger partial charge in [0.2, 0.25) is 0 Å². The molecule has 2 aromatic rings. The molecule has 1 aliphatic carbocycles. The summed E-state index contributed by atoms with van der Waals surface area (Å²) in [6.07, 6.45) is 7.14. The van der Waals surface area contributed by atoms with E-state index in [1.54, 1.807) is 19.2 Å². The van der Waals surface area contributed by atoms with Gasteiger partial charge < -0.3 is 15.2 Å². The Morgan fingerprint density at radius 3 is 2.50 bits per heavy atom. The van der Waals surface area contributed by atoms with Crippen molar-refractivity contribution in [2.75, 3.05) is 12.4 Å². The van der Waals surface area contributed by atoms with Crippen LogP contribution >= 0.6 is 23.2 Å². The van der Waals surface area contributed by atoms with Crippen LogP contribution < -0.4 is 10.1 Å². The van der Waals surface area contributed by atoms with Crippen molar-refractivity contribution in [2.24, 2.45) is 0 Å². The van der Waals surface area contributed by atoms with Crippen LogP contribution in [0.3, 0.4) is 0 Å². The Morgan fingerprint density at radius 2 is 1.92 bits per heavy atom. The molecule has 1 aromatic carbocycles. The quantitative estimate of drug-likeness (QED) is 0.763. The number of nitrogens with zero attached hydrogens (tertiary/aromatic N) is 1. The number of amides is 1. The molecule has 1 amide bonds. The van der Waals surface area contributed by atoms with Gasteiger partial charge in [-0.15, -0.1) is 0 Å². The number of pyridine rings is 1. The summed E-state index contributed by atoms with van der Waals surface area (Å²) in [7, 11) is 1.60. The van der Waals surface area contributed by atoms with Crippen molar-refractivity contribution in [3.05, 3.63) is 51.3 Å². The van der Waals surface area contributed by atoms with E-state index in [4.69, 9.17) is 27.9 Å². The number of nitrogens with one attached hydrogen (secondary N) is 1. The van der Waals surface area contributed by atoms with E-state index in [0.29, 0.717) is 22.6 Å². The van der Waals surface area contributed by atoms with Crippen LogP contribution in [0.1, 0.15) is 53.1 Å². The highest BCUT2D eigenvalue weighted by atomic mass is 35.5. The predicted molar refractivity (Wildman–Crippen MR) is 102 cm³/mol. The number of halogens is 2. The van der Waals surface area contributed by atoms with E-state index in [9.17, 15) is 9.90 Å². The first-order valence-electron chi connectivity index (χ1n) is 8.47. The van der Waals surface area contributed by atoms with Gasteiger partial charge in [0.25, 0.3) is 5.91 Å². The van der Waals surface area contributed by atoms with Gasteiger partial charge in [0.15, 0.2) is 0 Å². The second-order valence-electron chi connectivity index (χ2n) is 6.28. The van der Waals surface area contributed by atoms with Crippen molar-refractivity contribution in [1.82, 2.24) is 4.98 Å². The van der Waals surface area contributed by atoms with Crippen LogP contribution in [0.4, 0.5) is 5.69 Å². The predicted octanol–water partition coefficient (Wildman–Crippen LogP) is 4.80. The highest BCUT2D eigenvalue weighted by Crippen LogP contribution is 2.42. The highest BCUT2D eigenvalue weighted by molar-refractivity contribution is 6.39. The van der Waals surface area contributed by atoms with E-state index in [-0.39, 0.29) is 28.5 Å². The molecule has 138 valence electrons. The van der Waals surface area contributed by atoms with Crippen LogP contribution in [0.15, 0.2) is 24.5 Å². The van der Waals surface area contributed by atoms with Crippen molar-refractivity contribution in [3.8, 4) is 5.75 Å². The molecule has 0 saturated heterocycles. The lowest BCUT2D eigenvalue weighted by atomic mass is 9.89. The fourth-order valence-corrected chi connectivity index (χ4v) is 4.04. The number of carbonyl (C=O) groups excluding carboxylic acids is 1. The third-order valence-corrected chi connectivity index (χ3v) is 5.37. The molecule has 0 aliphatic heterocycles. The number of aliphatic hydroxyl groups excluding tert-OH is 1. The minimum Gasteiger partial charge on any atom is -0.496 e. The molecule has 0 radical (unpaired) electrons. The highest BCUT2D eigenvalue weighted by Gasteiger charge is 2.27. The molecule has 1 saturated carbocycles. The Bertz CT molecular complexity index is 800. The summed E-state index contributed by atoms with van der Waals surface area (Å²) < 4.78 is 5.50. The molecule has 1 fully saturated rings. The first-order valence-corrected chi connectivity index (χ1v) is 9.23. The smallest absolute Gasteiger partial charge is 0.256 e. The molecule has 1 heterocycles. The van der Waals surface area contributed by atoms with E-state index in [1.165, 1.54) is 12.4 Å². The van der Waals surface area contributed by atoms with Gasteiger partial charge in [-0.3, -0.25) is 9.78 Å². The van der Waals surface area contributed by atoms with Crippen LogP contribution in [0.2, 0.25) is 10.0 Å². The summed E-state index contributed by atoms with van der Waals surface area (Å²) in [5.41, 5.74) is 2.21. The summed E-state index contributed by atoms with van der Waals surface area (Å²) in [4.78, 5) is 16.7. The molecule has 0 unspecified atom stereocenters. The number of carbonyl (C=O) groups is 1. The van der Waals surface area contributed by atoms with Crippen LogP contribution in [0, 0.1) is 0 Å². The minimum atomic E-state index is -0.383. The fourth-order valence-electron chi connectivity index (χ4n) is 3.58. The van der Waals surface area contributed by atoms with E-state index in [0.717, 1.165) is 31.2 Å². The molecule has 5 nitrogen and oxygen atoms in total. The standard InChI is InChI=1S/C19H20Cl2N2O3/c1-26-16-7-6-12(13(10-24)17(16)11-4-2-3-5-11)19(25)23-18-14(20)8-22-9-15(18)21/h6-9,11,24H,2-5,10H2,1H3,(H,22,23,25). The van der Waals surface area contributed by atoms with E-state index >= 15 is 0 Å². The van der Waals surface area contributed by atoms with E-state index in [2.05, 4.69) is 10.3 Å². The Labute approximate surface area is 162 Å². The average molecular weight is 395 g/mol. The maximum atomic E-state index is 12.9. The van der Waals surface area contributed by atoms with Crippen molar-refractivity contribution in [3.63, 3.8) is 0 Å². The zero-order chi connectivity index (χ0) is 18.7. The number of benzene rings is 1. The molecule has 0 spiro atoms. The van der Waals surface area contributed by atoms with Crippen LogP contribution in [0.5, 0.6) is 5.75 Å². The number of hydrogen-bond acceptors (Lipinski definition) is 4. The van der Waals surface area contributed by atoms with Gasteiger partial charge >= 0.3 is 0 Å². The second-order valence-corrected chi connectivity index (χ2v) is 7.09. The molecular formula is C19H20Cl2N2O3. The summed E-state index contributed by atoms with van der Waals surface area (Å²) in [5, 5.41) is 13.2. The van der Waals surface area contributed by atoms with E-state index in [1.807, 2.05) is 0 Å². The Hall–Kier alpha value is -1.82. The first-order chi connectivity index (χ1) is 12.6. The fraction of sp³-hybridized carbons (Fsp3) is 0.368. The van der Waals surface area contributed by atoms with Gasteiger partial charge in [-0.2, -0.15) is 0 Å². The number of ether oxygens (including phenoxy) is 1. The lowest BCUT2D eigenvalue weighted by molar-refractivity contribution is 0.102. The van der Waals surface area contributed by atoms with Crippen molar-refractivity contribution in [2.45, 2.75) is 38.2 Å². The SMILES string of the molecule is COc1ccc(C(=O)Nc2c(Cl)cncc2Cl)c(CO)c1C1CCCC1. The lowest BCUT2D eigenvalue weighted by Gasteiger charge is -2.21. The molecule has 3 rings (SSSR count). The second kappa shape index (κ2) is 8.25. The summed E-state index contributed by atoms with van der Waals surface area (Å²) in [5.74, 6) is 0.608. The van der Waals surface area contributed by atoms with Gasteiger partial charge in [0.05, 0.1) is 29.4 Å². The zero-order valence-electron chi connectivity index (χ0n) is 14.4. The van der Waals surface area contributed by atoms with Crippen LogP contribution in [-0.2, 0) is 6.61 Å². The molecule has 2 N–H and O–H groups in total. The van der Waals surface area contributed by atoms with Crippen molar-refractivity contribution >= 4 is 34.8 Å². The van der Waals surface area contributed by atoms with Crippen LogP contribution in [-0.4, -0.2) is 23.1 Å². The average Bonchev–Trinajstić information content (AvgIpc) is 3.17. The van der Waals surface area contributed by atoms with Gasteiger partial charge in [-0.05, 0) is 36.5 Å². The molecular weight excluding hydrogens is 375 g/mol. The topological polar surface area (TPSA) is 71.5 Å². The summed E-state index contributed by atoms with van der Waals surface area (Å²) >= 11 is 12.2. The zero-order valence-corrected chi connectivity index (χ0v) is 15.9. The summed E-state index contributed by atoms with van der Waals surface area (Å²) in [6, 6.07) is 3.43. The third kappa shape index (κ3) is 3.65. The Balaban J connectivity index is 2.01. The maximum Gasteiger partial charge on any atom is 0.256 e. The van der Waals surface area contributed by atoms with Gasteiger partial charge in [0.1, 0.15) is 5.75 Å². The first kappa shape index (κ1) is 19.0. The normalized spacial score (nSPS) is 14.5. The van der Waals surface area contributed by atoms with Crippen molar-refractivity contribution < 1.29 is 14.6 Å². The molecule has 0 atom stereocenters. The van der Waals surface area contributed by atoms with E-state index < -0.39 is 0 Å². The number of aliphatic hydroxyl groups is 1. The number of anilines is 1. The minimum absolute atomic E-state index is 0.246. The van der Waals surface area contributed by atoms with Gasteiger partial charge in [-0.25, -0.2) is 0 Å². The molecule has 1 aliphatic rings.